The molecule has 1 N–H and O–H groups in total. The maximum Gasteiger partial charge on any atom is 0.408 e. The third kappa shape index (κ3) is 8.04. The first kappa shape index (κ1) is 28.8. The number of non-ortho nitro benzene ring substituents is 1. The highest BCUT2D eigenvalue weighted by Crippen LogP contribution is 2.29. The number of sulfonamides is 1. The third-order valence-corrected chi connectivity index (χ3v) is 6.29. The summed E-state index contributed by atoms with van der Waals surface area (Å²) in [4.78, 5) is 22.8. The summed E-state index contributed by atoms with van der Waals surface area (Å²) in [6.07, 6.45) is -1.10. The van der Waals surface area contributed by atoms with E-state index >= 15 is 0 Å². The number of carbonyl (C=O) groups is 1. The van der Waals surface area contributed by atoms with E-state index in [-0.39, 0.29) is 16.5 Å². The Morgan fingerprint density at radius 2 is 1.64 bits per heavy atom. The number of rotatable bonds is 8. The van der Waals surface area contributed by atoms with E-state index < -0.39 is 44.7 Å². The molecule has 10 nitrogen and oxygen atoms in total. The lowest BCUT2D eigenvalue weighted by atomic mass is 9.91. The van der Waals surface area contributed by atoms with Crippen molar-refractivity contribution in [3.05, 3.63) is 69.8 Å². The van der Waals surface area contributed by atoms with Crippen molar-refractivity contribution in [2.75, 3.05) is 0 Å². The van der Waals surface area contributed by atoms with E-state index in [0.29, 0.717) is 0 Å². The SMILES string of the molecule is Cc1ccccc1C(NC(=O)OC(C)(C)C)C(C)C(=NS(=O)(=O)c1ccc([N+](=O)[O-])cc1)OC(C)C. The van der Waals surface area contributed by atoms with Gasteiger partial charge in [-0.3, -0.25) is 10.1 Å². The molecule has 0 saturated carbocycles. The number of nitrogens with one attached hydrogen (secondary N) is 1. The second-order valence-corrected chi connectivity index (χ2v) is 11.2. The number of nitrogens with zero attached hydrogens (tertiary/aromatic N) is 2. The fraction of sp³-hybridized carbons (Fsp3) is 0.440. The number of hydrogen-bond acceptors (Lipinski definition) is 7. The van der Waals surface area contributed by atoms with Crippen LogP contribution in [0.5, 0.6) is 0 Å². The molecule has 2 atom stereocenters. The van der Waals surface area contributed by atoms with Gasteiger partial charge in [-0.1, -0.05) is 31.2 Å². The first-order valence-electron chi connectivity index (χ1n) is 11.4. The van der Waals surface area contributed by atoms with E-state index in [1.54, 1.807) is 41.5 Å². The molecule has 0 aliphatic heterocycles. The summed E-state index contributed by atoms with van der Waals surface area (Å²) in [5, 5.41) is 13.8. The lowest BCUT2D eigenvalue weighted by Gasteiger charge is -2.29. The van der Waals surface area contributed by atoms with Crippen LogP contribution in [-0.4, -0.2) is 37.0 Å². The number of alkyl carbamates (subject to hydrolysis) is 1. The Labute approximate surface area is 211 Å². The minimum Gasteiger partial charge on any atom is -0.477 e. The fourth-order valence-corrected chi connectivity index (χ4v) is 4.38. The number of ether oxygens (including phenoxy) is 2. The molecule has 0 heterocycles. The van der Waals surface area contributed by atoms with E-state index in [9.17, 15) is 23.3 Å². The summed E-state index contributed by atoms with van der Waals surface area (Å²) in [5.41, 5.74) is 0.621. The van der Waals surface area contributed by atoms with Gasteiger partial charge in [-0.25, -0.2) is 4.79 Å². The molecule has 2 aromatic carbocycles. The molecule has 2 rings (SSSR count). The summed E-state index contributed by atoms with van der Waals surface area (Å²) in [5.74, 6) is -0.846. The number of hydrogen-bond donors (Lipinski definition) is 1. The Kier molecular flexibility index (Phi) is 9.20. The predicted octanol–water partition coefficient (Wildman–Crippen LogP) is 5.32. The summed E-state index contributed by atoms with van der Waals surface area (Å²) < 4.78 is 41.4. The highest BCUT2D eigenvalue weighted by atomic mass is 32.2. The van der Waals surface area contributed by atoms with Crippen molar-refractivity contribution in [3.8, 4) is 0 Å². The maximum atomic E-state index is 13.1. The minimum absolute atomic E-state index is 0.118. The Bertz CT molecular complexity index is 1220. The van der Waals surface area contributed by atoms with Crippen LogP contribution in [0.25, 0.3) is 0 Å². The monoisotopic (exact) mass is 519 g/mol. The lowest BCUT2D eigenvalue weighted by Crippen LogP contribution is -2.40. The van der Waals surface area contributed by atoms with E-state index in [4.69, 9.17) is 9.47 Å². The number of nitro benzene ring substituents is 1. The van der Waals surface area contributed by atoms with Crippen LogP contribution in [-0.2, 0) is 19.5 Å². The van der Waals surface area contributed by atoms with Crippen molar-refractivity contribution in [1.29, 1.82) is 0 Å². The maximum absolute atomic E-state index is 13.1. The quantitative estimate of drug-likeness (QED) is 0.216. The van der Waals surface area contributed by atoms with Crippen LogP contribution >= 0.6 is 0 Å². The normalized spacial score (nSPS) is 14.2. The molecule has 1 amide bonds. The van der Waals surface area contributed by atoms with Gasteiger partial charge in [0.25, 0.3) is 15.7 Å². The Balaban J connectivity index is 2.55. The fourth-order valence-electron chi connectivity index (χ4n) is 3.35. The molecule has 0 aliphatic carbocycles. The van der Waals surface area contributed by atoms with Crippen LogP contribution in [0.4, 0.5) is 10.5 Å². The number of benzene rings is 2. The standard InChI is InChI=1S/C25H33N3O7S/c1-16(2)34-23(27-36(32,33)20-14-12-19(13-15-20)28(30)31)18(4)22(21-11-9-8-10-17(21)3)26-24(29)35-25(5,6)7/h8-16,18,22H,1-7H3,(H,26,29). The van der Waals surface area contributed by atoms with Crippen molar-refractivity contribution >= 4 is 27.7 Å². The largest absolute Gasteiger partial charge is 0.477 e. The summed E-state index contributed by atoms with van der Waals surface area (Å²) in [6, 6.07) is 11.1. The number of carbonyl (C=O) groups excluding carboxylic acids is 1. The molecule has 36 heavy (non-hydrogen) atoms. The van der Waals surface area contributed by atoms with Crippen molar-refractivity contribution < 1.29 is 27.6 Å². The highest BCUT2D eigenvalue weighted by molar-refractivity contribution is 7.90. The van der Waals surface area contributed by atoms with Crippen LogP contribution in [0.3, 0.4) is 0 Å². The molecule has 0 spiro atoms. The van der Waals surface area contributed by atoms with Gasteiger partial charge in [0, 0.05) is 12.1 Å². The van der Waals surface area contributed by atoms with Crippen molar-refractivity contribution in [3.63, 3.8) is 0 Å². The van der Waals surface area contributed by atoms with Crippen LogP contribution < -0.4 is 5.32 Å². The highest BCUT2D eigenvalue weighted by Gasteiger charge is 2.32. The van der Waals surface area contributed by atoms with E-state index in [0.717, 1.165) is 35.4 Å². The Hall–Kier alpha value is -3.47. The zero-order chi connectivity index (χ0) is 27.3. The van der Waals surface area contributed by atoms with Crippen LogP contribution in [0.15, 0.2) is 57.8 Å². The molecule has 0 radical (unpaired) electrons. The molecule has 196 valence electrons. The van der Waals surface area contributed by atoms with Crippen LogP contribution in [0.2, 0.25) is 0 Å². The smallest absolute Gasteiger partial charge is 0.408 e. The van der Waals surface area contributed by atoms with Gasteiger partial charge in [0.1, 0.15) is 5.60 Å². The third-order valence-electron chi connectivity index (χ3n) is 5.00. The Morgan fingerprint density at radius 3 is 2.14 bits per heavy atom. The van der Waals surface area contributed by atoms with Crippen molar-refractivity contribution in [2.45, 2.75) is 71.1 Å². The summed E-state index contributed by atoms with van der Waals surface area (Å²) in [6.45, 7) is 12.2. The molecule has 0 aromatic heterocycles. The first-order chi connectivity index (χ1) is 16.6. The molecule has 2 unspecified atom stereocenters. The van der Waals surface area contributed by atoms with E-state index in [1.807, 2.05) is 31.2 Å². The number of amides is 1. The molecular weight excluding hydrogens is 486 g/mol. The molecule has 11 heteroatoms. The number of nitro groups is 1. The topological polar surface area (TPSA) is 137 Å². The second kappa shape index (κ2) is 11.5. The van der Waals surface area contributed by atoms with E-state index in [1.165, 1.54) is 0 Å². The van der Waals surface area contributed by atoms with Gasteiger partial charge in [0.05, 0.1) is 27.9 Å². The predicted molar refractivity (Wildman–Crippen MR) is 136 cm³/mol. The number of aryl methyl sites for hydroxylation is 1. The zero-order valence-electron chi connectivity index (χ0n) is 21.5. The molecule has 0 aliphatic rings. The van der Waals surface area contributed by atoms with Gasteiger partial charge in [-0.2, -0.15) is 8.42 Å². The van der Waals surface area contributed by atoms with Crippen molar-refractivity contribution in [1.82, 2.24) is 5.32 Å². The summed E-state index contributed by atoms with van der Waals surface area (Å²) >= 11 is 0. The van der Waals surface area contributed by atoms with Gasteiger partial charge in [-0.05, 0) is 64.8 Å². The Morgan fingerprint density at radius 1 is 1.06 bits per heavy atom. The molecule has 0 fully saturated rings. The van der Waals surface area contributed by atoms with Gasteiger partial charge in [0.2, 0.25) is 5.90 Å². The zero-order valence-corrected chi connectivity index (χ0v) is 22.3. The van der Waals surface area contributed by atoms with Crippen LogP contribution in [0, 0.1) is 23.0 Å². The van der Waals surface area contributed by atoms with Crippen LogP contribution in [0.1, 0.15) is 58.7 Å². The molecule has 0 bridgehead atoms. The average Bonchev–Trinajstić information content (AvgIpc) is 2.75. The second-order valence-electron chi connectivity index (χ2n) is 9.59. The van der Waals surface area contributed by atoms with Gasteiger partial charge >= 0.3 is 6.09 Å². The average molecular weight is 520 g/mol. The van der Waals surface area contributed by atoms with Crippen molar-refractivity contribution in [2.24, 2.45) is 10.3 Å². The van der Waals surface area contributed by atoms with Gasteiger partial charge in [0.15, 0.2) is 0 Å². The molecule has 0 saturated heterocycles. The van der Waals surface area contributed by atoms with E-state index in [2.05, 4.69) is 9.71 Å². The van der Waals surface area contributed by atoms with Gasteiger partial charge < -0.3 is 14.8 Å². The molecular formula is C25H33N3O7S. The summed E-state index contributed by atoms with van der Waals surface area (Å²) in [7, 11) is -4.28. The molecule has 2 aromatic rings. The first-order valence-corrected chi connectivity index (χ1v) is 12.9. The minimum atomic E-state index is -4.28. The lowest BCUT2D eigenvalue weighted by molar-refractivity contribution is -0.384. The van der Waals surface area contributed by atoms with Gasteiger partial charge in [-0.15, -0.1) is 4.40 Å².